The molecule has 2 N–H and O–H groups in total. The third-order valence-electron chi connectivity index (χ3n) is 1.24. The van der Waals surface area contributed by atoms with Gasteiger partial charge in [-0.2, -0.15) is 0 Å². The van der Waals surface area contributed by atoms with Crippen LogP contribution in [0.5, 0.6) is 0 Å². The fourth-order valence-electron chi connectivity index (χ4n) is 0.288. The van der Waals surface area contributed by atoms with Gasteiger partial charge in [0.15, 0.2) is 0 Å². The summed E-state index contributed by atoms with van der Waals surface area (Å²) in [5.74, 6) is 0.600. The predicted molar refractivity (Wildman–Crippen MR) is 38.1 cm³/mol. The van der Waals surface area contributed by atoms with E-state index >= 15 is 0 Å². The first kappa shape index (κ1) is 7.99. The van der Waals surface area contributed by atoms with Crippen LogP contribution in [-0.4, -0.2) is 12.4 Å². The predicted octanol–water partition coefficient (Wildman–Crippen LogP) is 1.52. The zero-order valence-electron chi connectivity index (χ0n) is 5.37. The quantitative estimate of drug-likeness (QED) is 0.449. The second-order valence-corrected chi connectivity index (χ2v) is 2.17. The lowest BCUT2D eigenvalue weighted by molar-refractivity contribution is 1.09. The highest BCUT2D eigenvalue weighted by atomic mass is 35.5. The summed E-state index contributed by atoms with van der Waals surface area (Å²) in [7, 11) is 0. The van der Waals surface area contributed by atoms with Crippen LogP contribution in [0.15, 0.2) is 11.1 Å². The molecule has 0 saturated heterocycles. The van der Waals surface area contributed by atoms with Crippen LogP contribution in [-0.2, 0) is 0 Å². The minimum Gasteiger partial charge on any atom is -0.327 e. The first-order chi connectivity index (χ1) is 3.72. The van der Waals surface area contributed by atoms with Crippen molar-refractivity contribution in [3.63, 3.8) is 0 Å². The molecule has 0 aliphatic heterocycles. The van der Waals surface area contributed by atoms with E-state index in [4.69, 9.17) is 17.3 Å². The molecule has 0 aliphatic rings. The largest absolute Gasteiger partial charge is 0.327 e. The summed E-state index contributed by atoms with van der Waals surface area (Å²) < 4.78 is 0. The molecule has 0 unspecified atom stereocenters. The van der Waals surface area contributed by atoms with Crippen LogP contribution < -0.4 is 5.73 Å². The molecule has 0 radical (unpaired) electrons. The topological polar surface area (TPSA) is 26.0 Å². The van der Waals surface area contributed by atoms with Crippen LogP contribution in [0.3, 0.4) is 0 Å². The van der Waals surface area contributed by atoms with Crippen molar-refractivity contribution in [1.82, 2.24) is 0 Å². The van der Waals surface area contributed by atoms with E-state index in [0.29, 0.717) is 12.4 Å². The van der Waals surface area contributed by atoms with Gasteiger partial charge in [-0.3, -0.25) is 0 Å². The van der Waals surface area contributed by atoms with Gasteiger partial charge in [-0.25, -0.2) is 0 Å². The van der Waals surface area contributed by atoms with Gasteiger partial charge in [-0.1, -0.05) is 11.1 Å². The van der Waals surface area contributed by atoms with E-state index in [0.717, 1.165) is 0 Å². The molecule has 8 heavy (non-hydrogen) atoms. The molecule has 0 atom stereocenters. The Hall–Kier alpha value is -0.0100. The van der Waals surface area contributed by atoms with E-state index in [1.165, 1.54) is 11.1 Å². The summed E-state index contributed by atoms with van der Waals surface area (Å²) in [4.78, 5) is 0. The van der Waals surface area contributed by atoms with E-state index in [-0.39, 0.29) is 0 Å². The number of hydrogen-bond donors (Lipinski definition) is 1. The Labute approximate surface area is 55.5 Å². The van der Waals surface area contributed by atoms with Crippen molar-refractivity contribution in [1.29, 1.82) is 0 Å². The van der Waals surface area contributed by atoms with Crippen molar-refractivity contribution < 1.29 is 0 Å². The van der Waals surface area contributed by atoms with Gasteiger partial charge in [0.05, 0.1) is 0 Å². The number of alkyl halides is 1. The Balaban J connectivity index is 3.83. The lowest BCUT2D eigenvalue weighted by atomic mass is 10.2. The van der Waals surface area contributed by atoms with E-state index in [1.54, 1.807) is 0 Å². The standard InChI is InChI=1S/C6H12ClN/c1-5(3-7)6(2)4-8/h3-4,8H2,1-2H3/b6-5-. The normalized spacial score (nSPS) is 13.5. The number of nitrogens with two attached hydrogens (primary N) is 1. The van der Waals surface area contributed by atoms with Gasteiger partial charge in [-0.05, 0) is 13.8 Å². The number of allylic oxidation sites excluding steroid dienone is 1. The van der Waals surface area contributed by atoms with Crippen molar-refractivity contribution in [3.05, 3.63) is 11.1 Å². The van der Waals surface area contributed by atoms with Crippen LogP contribution in [0.25, 0.3) is 0 Å². The Morgan fingerprint density at radius 2 is 1.88 bits per heavy atom. The molecule has 0 saturated carbocycles. The van der Waals surface area contributed by atoms with Crippen molar-refractivity contribution in [2.45, 2.75) is 13.8 Å². The summed E-state index contributed by atoms with van der Waals surface area (Å²) in [6.45, 7) is 4.62. The maximum Gasteiger partial charge on any atom is 0.0433 e. The van der Waals surface area contributed by atoms with Crippen molar-refractivity contribution >= 4 is 11.6 Å². The van der Waals surface area contributed by atoms with E-state index in [2.05, 4.69) is 0 Å². The molecule has 2 heteroatoms. The lowest BCUT2D eigenvalue weighted by Gasteiger charge is -1.98. The second kappa shape index (κ2) is 3.93. The molecule has 0 aliphatic carbocycles. The number of hydrogen-bond acceptors (Lipinski definition) is 1. The highest BCUT2D eigenvalue weighted by molar-refractivity contribution is 6.19. The Bertz CT molecular complexity index is 84.7. The first-order valence-corrected chi connectivity index (χ1v) is 3.17. The summed E-state index contributed by atoms with van der Waals surface area (Å²) in [6, 6.07) is 0. The van der Waals surface area contributed by atoms with Gasteiger partial charge in [0, 0.05) is 12.4 Å². The van der Waals surface area contributed by atoms with Crippen LogP contribution >= 0.6 is 11.6 Å². The average molecular weight is 134 g/mol. The molecule has 48 valence electrons. The zero-order valence-corrected chi connectivity index (χ0v) is 6.13. The van der Waals surface area contributed by atoms with Crippen LogP contribution in [0.1, 0.15) is 13.8 Å². The molecule has 0 spiro atoms. The maximum atomic E-state index is 5.51. The second-order valence-electron chi connectivity index (χ2n) is 1.90. The molecule has 0 rings (SSSR count). The molecular formula is C6H12ClN. The van der Waals surface area contributed by atoms with Gasteiger partial charge < -0.3 is 5.73 Å². The lowest BCUT2D eigenvalue weighted by Crippen LogP contribution is -2.02. The molecule has 0 heterocycles. The van der Waals surface area contributed by atoms with E-state index < -0.39 is 0 Å². The molecule has 0 aromatic carbocycles. The molecule has 0 aromatic rings. The van der Waals surface area contributed by atoms with Gasteiger partial charge in [0.2, 0.25) is 0 Å². The Kier molecular flexibility index (Phi) is 3.92. The zero-order chi connectivity index (χ0) is 6.57. The molecule has 0 bridgehead atoms. The minimum absolute atomic E-state index is 0.600. The minimum atomic E-state index is 0.600. The fraction of sp³-hybridized carbons (Fsp3) is 0.667. The monoisotopic (exact) mass is 133 g/mol. The molecular weight excluding hydrogens is 122 g/mol. The van der Waals surface area contributed by atoms with Gasteiger partial charge in [-0.15, -0.1) is 11.6 Å². The highest BCUT2D eigenvalue weighted by Crippen LogP contribution is 2.01. The first-order valence-electron chi connectivity index (χ1n) is 2.63. The van der Waals surface area contributed by atoms with Crippen molar-refractivity contribution in [3.8, 4) is 0 Å². The van der Waals surface area contributed by atoms with Gasteiger partial charge in [0.25, 0.3) is 0 Å². The van der Waals surface area contributed by atoms with Gasteiger partial charge in [0.1, 0.15) is 0 Å². The van der Waals surface area contributed by atoms with Gasteiger partial charge >= 0.3 is 0 Å². The summed E-state index contributed by atoms with van der Waals surface area (Å²) in [5.41, 5.74) is 7.72. The third kappa shape index (κ3) is 2.34. The van der Waals surface area contributed by atoms with Crippen molar-refractivity contribution in [2.24, 2.45) is 5.73 Å². The smallest absolute Gasteiger partial charge is 0.0433 e. The fourth-order valence-corrected chi connectivity index (χ4v) is 0.516. The van der Waals surface area contributed by atoms with Crippen molar-refractivity contribution in [2.75, 3.05) is 12.4 Å². The molecule has 0 aromatic heterocycles. The SMILES string of the molecule is C/C(CN)=C(\C)CCl. The number of halogens is 1. The molecule has 0 fully saturated rings. The van der Waals surface area contributed by atoms with E-state index in [9.17, 15) is 0 Å². The Morgan fingerprint density at radius 3 is 2.00 bits per heavy atom. The van der Waals surface area contributed by atoms with Crippen LogP contribution in [0.4, 0.5) is 0 Å². The van der Waals surface area contributed by atoms with E-state index in [1.807, 2.05) is 13.8 Å². The highest BCUT2D eigenvalue weighted by Gasteiger charge is 1.89. The molecule has 1 nitrogen and oxygen atoms in total. The van der Waals surface area contributed by atoms with Crippen LogP contribution in [0, 0.1) is 0 Å². The maximum absolute atomic E-state index is 5.51. The van der Waals surface area contributed by atoms with Crippen LogP contribution in [0.2, 0.25) is 0 Å². The third-order valence-corrected chi connectivity index (χ3v) is 1.64. The average Bonchev–Trinajstić information content (AvgIpc) is 1.84. The number of rotatable bonds is 2. The molecule has 0 amide bonds. The Morgan fingerprint density at radius 1 is 1.38 bits per heavy atom. The summed E-state index contributed by atoms with van der Waals surface area (Å²) >= 11 is 5.51. The summed E-state index contributed by atoms with van der Waals surface area (Å²) in [5, 5.41) is 0. The summed E-state index contributed by atoms with van der Waals surface area (Å²) in [6.07, 6.45) is 0.